The third kappa shape index (κ3) is 5.72. The van der Waals surface area contributed by atoms with Gasteiger partial charge in [-0.2, -0.15) is 4.31 Å². The number of piperidine rings is 1. The summed E-state index contributed by atoms with van der Waals surface area (Å²) in [4.78, 5) is 12.7. The fourth-order valence-electron chi connectivity index (χ4n) is 4.14. The summed E-state index contributed by atoms with van der Waals surface area (Å²) in [5.74, 6) is 0.788. The van der Waals surface area contributed by atoms with E-state index in [0.717, 1.165) is 46.9 Å². The highest BCUT2D eigenvalue weighted by molar-refractivity contribution is 7.89. The van der Waals surface area contributed by atoms with Crippen molar-refractivity contribution in [3.63, 3.8) is 0 Å². The fraction of sp³-hybridized carbons (Fsp3) is 0.346. The molecule has 1 fully saturated rings. The number of carbonyl (C=O) groups excluding carboxylic acids is 1. The molecule has 0 aromatic heterocycles. The minimum Gasteiger partial charge on any atom is -0.497 e. The first kappa shape index (κ1) is 23.3. The number of ether oxygens (including phenoxy) is 1. The molecule has 4 rings (SSSR count). The summed E-state index contributed by atoms with van der Waals surface area (Å²) in [5, 5.41) is 5.16. The van der Waals surface area contributed by atoms with Crippen LogP contribution < -0.4 is 10.1 Å². The van der Waals surface area contributed by atoms with Gasteiger partial charge in [0.05, 0.1) is 12.0 Å². The van der Waals surface area contributed by atoms with Crippen LogP contribution in [-0.4, -0.2) is 38.8 Å². The number of benzene rings is 3. The zero-order valence-corrected chi connectivity index (χ0v) is 19.7. The van der Waals surface area contributed by atoms with Crippen LogP contribution in [0, 0.1) is 0 Å². The van der Waals surface area contributed by atoms with Crippen LogP contribution >= 0.6 is 0 Å². The van der Waals surface area contributed by atoms with Crippen LogP contribution in [-0.2, 0) is 27.8 Å². The Balaban J connectivity index is 1.28. The van der Waals surface area contributed by atoms with Crippen molar-refractivity contribution in [2.75, 3.05) is 20.2 Å². The fourth-order valence-corrected chi connectivity index (χ4v) is 5.66. The van der Waals surface area contributed by atoms with Crippen LogP contribution in [0.5, 0.6) is 5.75 Å². The largest absolute Gasteiger partial charge is 0.497 e. The maximum Gasteiger partial charge on any atom is 0.243 e. The van der Waals surface area contributed by atoms with E-state index in [1.807, 2.05) is 42.5 Å². The van der Waals surface area contributed by atoms with Crippen LogP contribution in [0.1, 0.15) is 36.8 Å². The minimum atomic E-state index is -3.42. The number of hydrogen-bond acceptors (Lipinski definition) is 4. The number of sulfonamides is 1. The number of carbonyl (C=O) groups is 1. The van der Waals surface area contributed by atoms with Gasteiger partial charge in [-0.1, -0.05) is 36.8 Å². The molecule has 0 spiro atoms. The van der Waals surface area contributed by atoms with Crippen LogP contribution in [0.4, 0.5) is 0 Å². The number of amides is 1. The van der Waals surface area contributed by atoms with Gasteiger partial charge in [-0.05, 0) is 71.5 Å². The zero-order valence-electron chi connectivity index (χ0n) is 18.9. The van der Waals surface area contributed by atoms with E-state index in [2.05, 4.69) is 11.4 Å². The minimum absolute atomic E-state index is 0.0326. The molecule has 0 unspecified atom stereocenters. The molecular formula is C26H30N2O4S. The Morgan fingerprint density at radius 3 is 2.30 bits per heavy atom. The molecule has 0 saturated carbocycles. The number of hydrogen-bond donors (Lipinski definition) is 1. The highest BCUT2D eigenvalue weighted by Gasteiger charge is 2.25. The van der Waals surface area contributed by atoms with Gasteiger partial charge in [0.15, 0.2) is 0 Å². The predicted octanol–water partition coefficient (Wildman–Crippen LogP) is 4.27. The van der Waals surface area contributed by atoms with Crippen molar-refractivity contribution in [3.05, 3.63) is 71.8 Å². The lowest BCUT2D eigenvalue weighted by Crippen LogP contribution is -2.35. The second-order valence-corrected chi connectivity index (χ2v) is 10.4. The van der Waals surface area contributed by atoms with Gasteiger partial charge >= 0.3 is 0 Å². The average molecular weight is 467 g/mol. The molecule has 0 bridgehead atoms. The molecule has 3 aromatic rings. The van der Waals surface area contributed by atoms with Crippen molar-refractivity contribution in [2.24, 2.45) is 0 Å². The number of aryl methyl sites for hydroxylation is 1. The van der Waals surface area contributed by atoms with Gasteiger partial charge in [0.25, 0.3) is 0 Å². The SMILES string of the molecule is COc1ccc2cc(CNC(=O)CCc3ccc(S(=O)(=O)N4CCCCC4)cc3)ccc2c1. The molecule has 0 aliphatic carbocycles. The lowest BCUT2D eigenvalue weighted by Gasteiger charge is -2.25. The first-order valence-electron chi connectivity index (χ1n) is 11.4. The molecule has 1 saturated heterocycles. The zero-order chi connectivity index (χ0) is 23.3. The van der Waals surface area contributed by atoms with E-state index in [1.165, 1.54) is 0 Å². The predicted molar refractivity (Wildman–Crippen MR) is 130 cm³/mol. The Hall–Kier alpha value is -2.90. The second-order valence-electron chi connectivity index (χ2n) is 8.43. The average Bonchev–Trinajstić information content (AvgIpc) is 2.86. The summed E-state index contributed by atoms with van der Waals surface area (Å²) in [6, 6.07) is 18.9. The quantitative estimate of drug-likeness (QED) is 0.538. The summed E-state index contributed by atoms with van der Waals surface area (Å²) < 4.78 is 32.3. The topological polar surface area (TPSA) is 75.7 Å². The van der Waals surface area contributed by atoms with E-state index in [1.54, 1.807) is 23.5 Å². The summed E-state index contributed by atoms with van der Waals surface area (Å²) in [7, 11) is -1.77. The Labute approximate surface area is 195 Å². The summed E-state index contributed by atoms with van der Waals surface area (Å²) in [6.07, 6.45) is 3.83. The molecule has 1 aliphatic rings. The van der Waals surface area contributed by atoms with Crippen LogP contribution in [0.2, 0.25) is 0 Å². The highest BCUT2D eigenvalue weighted by Crippen LogP contribution is 2.23. The van der Waals surface area contributed by atoms with Gasteiger partial charge in [-0.3, -0.25) is 4.79 Å². The van der Waals surface area contributed by atoms with Crippen LogP contribution in [0.15, 0.2) is 65.6 Å². The molecular weight excluding hydrogens is 436 g/mol. The Morgan fingerprint density at radius 1 is 0.909 bits per heavy atom. The molecule has 0 atom stereocenters. The van der Waals surface area contributed by atoms with E-state index < -0.39 is 10.0 Å². The number of methoxy groups -OCH3 is 1. The normalized spacial score (nSPS) is 14.8. The Bertz CT molecular complexity index is 1220. The van der Waals surface area contributed by atoms with Crippen molar-refractivity contribution < 1.29 is 17.9 Å². The van der Waals surface area contributed by atoms with E-state index in [0.29, 0.717) is 37.4 Å². The van der Waals surface area contributed by atoms with E-state index >= 15 is 0 Å². The van der Waals surface area contributed by atoms with Gasteiger partial charge < -0.3 is 10.1 Å². The summed E-state index contributed by atoms with van der Waals surface area (Å²) in [6.45, 7) is 1.65. The molecule has 7 heteroatoms. The molecule has 174 valence electrons. The standard InChI is InChI=1S/C26H30N2O4S/c1-32-24-11-10-22-17-21(5-9-23(22)18-24)19-27-26(29)14-8-20-6-12-25(13-7-20)33(30,31)28-15-3-2-4-16-28/h5-7,9-13,17-18H,2-4,8,14-16,19H2,1H3,(H,27,29). The van der Waals surface area contributed by atoms with Gasteiger partial charge in [0, 0.05) is 26.1 Å². The smallest absolute Gasteiger partial charge is 0.243 e. The molecule has 1 aliphatic heterocycles. The first-order valence-corrected chi connectivity index (χ1v) is 12.8. The molecule has 1 N–H and O–H groups in total. The van der Waals surface area contributed by atoms with Crippen molar-refractivity contribution in [1.29, 1.82) is 0 Å². The van der Waals surface area contributed by atoms with E-state index in [-0.39, 0.29) is 5.91 Å². The first-order chi connectivity index (χ1) is 16.0. The number of nitrogens with one attached hydrogen (secondary N) is 1. The lowest BCUT2D eigenvalue weighted by molar-refractivity contribution is -0.121. The van der Waals surface area contributed by atoms with Gasteiger partial charge in [0.2, 0.25) is 15.9 Å². The molecule has 1 heterocycles. The number of fused-ring (bicyclic) bond motifs is 1. The third-order valence-corrected chi connectivity index (χ3v) is 8.03. The highest BCUT2D eigenvalue weighted by atomic mass is 32.2. The number of nitrogens with zero attached hydrogens (tertiary/aromatic N) is 1. The van der Waals surface area contributed by atoms with Gasteiger partial charge in [-0.25, -0.2) is 8.42 Å². The van der Waals surface area contributed by atoms with Gasteiger partial charge in [0.1, 0.15) is 5.75 Å². The van der Waals surface area contributed by atoms with Crippen molar-refractivity contribution in [1.82, 2.24) is 9.62 Å². The van der Waals surface area contributed by atoms with Crippen molar-refractivity contribution in [3.8, 4) is 5.75 Å². The molecule has 6 nitrogen and oxygen atoms in total. The van der Waals surface area contributed by atoms with Crippen molar-refractivity contribution in [2.45, 2.75) is 43.5 Å². The maximum atomic E-state index is 12.8. The third-order valence-electron chi connectivity index (χ3n) is 6.12. The maximum absolute atomic E-state index is 12.8. The summed E-state index contributed by atoms with van der Waals surface area (Å²) >= 11 is 0. The van der Waals surface area contributed by atoms with Crippen LogP contribution in [0.3, 0.4) is 0 Å². The molecule has 0 radical (unpaired) electrons. The Kier molecular flexibility index (Phi) is 7.30. The Morgan fingerprint density at radius 2 is 1.58 bits per heavy atom. The van der Waals surface area contributed by atoms with E-state index in [4.69, 9.17) is 4.74 Å². The monoisotopic (exact) mass is 466 g/mol. The lowest BCUT2D eigenvalue weighted by atomic mass is 10.1. The van der Waals surface area contributed by atoms with E-state index in [9.17, 15) is 13.2 Å². The van der Waals surface area contributed by atoms with Crippen molar-refractivity contribution >= 4 is 26.7 Å². The van der Waals surface area contributed by atoms with Crippen LogP contribution in [0.25, 0.3) is 10.8 Å². The molecule has 1 amide bonds. The summed E-state index contributed by atoms with van der Waals surface area (Å²) in [5.41, 5.74) is 1.98. The van der Waals surface area contributed by atoms with Gasteiger partial charge in [-0.15, -0.1) is 0 Å². The molecule has 33 heavy (non-hydrogen) atoms. The second kappa shape index (κ2) is 10.4. The number of rotatable bonds is 8. The molecule has 3 aromatic carbocycles.